The molecular weight excluding hydrogens is 570 g/mol. The van der Waals surface area contributed by atoms with Crippen LogP contribution in [0.25, 0.3) is 0 Å². The van der Waals surface area contributed by atoms with Crippen molar-refractivity contribution in [3.05, 3.63) is 36.5 Å². The number of carbonyl (C=O) groups is 1. The van der Waals surface area contributed by atoms with E-state index in [4.69, 9.17) is 0 Å². The lowest BCUT2D eigenvalue weighted by Crippen LogP contribution is -2.47. The van der Waals surface area contributed by atoms with E-state index < -0.39 is 28.0 Å². The maximum absolute atomic E-state index is 12.4. The van der Waals surface area contributed by atoms with Crippen molar-refractivity contribution < 1.29 is 22.9 Å². The normalized spacial score (nSPS) is 13.8. The number of hydrogen-bond donors (Lipinski definition) is 3. The number of carbonyl (C=O) groups excluding carboxylic acids is 1. The topological polar surface area (TPSA) is 104 Å². The molecule has 0 fully saturated rings. The zero-order valence-electron chi connectivity index (χ0n) is 28.5. The molecule has 6 nitrogen and oxygen atoms in total. The van der Waals surface area contributed by atoms with E-state index in [1.165, 1.54) is 83.5 Å². The molecule has 0 heterocycles. The number of amides is 1. The average molecular weight is 640 g/mol. The fourth-order valence-electron chi connectivity index (χ4n) is 5.41. The van der Waals surface area contributed by atoms with Gasteiger partial charge in [-0.25, -0.2) is 0 Å². The van der Waals surface area contributed by atoms with Gasteiger partial charge in [0, 0.05) is 6.42 Å². The van der Waals surface area contributed by atoms with Gasteiger partial charge in [-0.3, -0.25) is 9.35 Å². The van der Waals surface area contributed by atoms with Crippen LogP contribution in [0.3, 0.4) is 0 Å². The van der Waals surface area contributed by atoms with Crippen LogP contribution >= 0.6 is 0 Å². The van der Waals surface area contributed by atoms with E-state index in [2.05, 4.69) is 55.6 Å². The number of aliphatic hydroxyl groups is 1. The lowest BCUT2D eigenvalue weighted by molar-refractivity contribution is -0.122. The van der Waals surface area contributed by atoms with Crippen molar-refractivity contribution >= 4 is 16.0 Å². The Hall–Kier alpha value is -1.44. The molecule has 7 heteroatoms. The lowest BCUT2D eigenvalue weighted by Gasteiger charge is -2.23. The number of allylic oxidation sites excluding steroid dienone is 6. The first-order valence-electron chi connectivity index (χ1n) is 18.2. The highest BCUT2D eigenvalue weighted by molar-refractivity contribution is 7.85. The van der Waals surface area contributed by atoms with Crippen LogP contribution in [0.15, 0.2) is 36.5 Å². The molecule has 44 heavy (non-hydrogen) atoms. The van der Waals surface area contributed by atoms with Crippen LogP contribution in [0.5, 0.6) is 0 Å². The van der Waals surface area contributed by atoms with Gasteiger partial charge in [-0.2, -0.15) is 8.42 Å². The van der Waals surface area contributed by atoms with E-state index >= 15 is 0 Å². The standard InChI is InChI=1S/C37H69NO5S/c1-3-5-7-9-11-13-15-17-18-19-21-22-24-26-28-30-32-36(39)35(34-44(41,42)43)38-37(40)33-31-29-27-25-23-20-16-14-12-10-8-6-4-2/h6,8,12,14,20,23,35-36,39H,3-5,7,9-11,13,15-19,21-22,24-34H2,1-2H3,(H,38,40)(H,41,42,43)/b8-6-,14-12-,23-20-. The van der Waals surface area contributed by atoms with Gasteiger partial charge in [0.25, 0.3) is 10.1 Å². The molecule has 0 aliphatic carbocycles. The SMILES string of the molecule is CC/C=C\C/C=C\C/C=C\CCCCCC(=O)NC(CS(=O)(=O)O)C(O)CCCCCCCCCCCCCCCCCC. The van der Waals surface area contributed by atoms with Crippen LogP contribution in [0.2, 0.25) is 0 Å². The molecule has 1 amide bonds. The average Bonchev–Trinajstić information content (AvgIpc) is 2.98. The van der Waals surface area contributed by atoms with E-state index in [1.54, 1.807) is 0 Å². The molecule has 0 aliphatic rings. The second kappa shape index (κ2) is 31.5. The largest absolute Gasteiger partial charge is 0.391 e. The molecule has 0 aromatic rings. The molecule has 258 valence electrons. The highest BCUT2D eigenvalue weighted by Crippen LogP contribution is 2.15. The lowest BCUT2D eigenvalue weighted by atomic mass is 10.0. The number of nitrogens with one attached hydrogen (secondary N) is 1. The Labute approximate surface area is 272 Å². The van der Waals surface area contributed by atoms with Crippen molar-refractivity contribution in [1.82, 2.24) is 5.32 Å². The fraction of sp³-hybridized carbons (Fsp3) is 0.811. The molecule has 0 aliphatic heterocycles. The van der Waals surface area contributed by atoms with Crippen LogP contribution in [-0.2, 0) is 14.9 Å². The third kappa shape index (κ3) is 32.0. The van der Waals surface area contributed by atoms with Crippen LogP contribution in [0.4, 0.5) is 0 Å². The quantitative estimate of drug-likeness (QED) is 0.0386. The Bertz CT molecular complexity index is 837. The Morgan fingerprint density at radius 1 is 0.636 bits per heavy atom. The predicted octanol–water partition coefficient (Wildman–Crippen LogP) is 10.2. The summed E-state index contributed by atoms with van der Waals surface area (Å²) in [5, 5.41) is 13.3. The zero-order valence-corrected chi connectivity index (χ0v) is 29.3. The van der Waals surface area contributed by atoms with Crippen LogP contribution in [0.1, 0.15) is 174 Å². The van der Waals surface area contributed by atoms with E-state index in [9.17, 15) is 22.9 Å². The second-order valence-corrected chi connectivity index (χ2v) is 14.0. The maximum Gasteiger partial charge on any atom is 0.266 e. The minimum atomic E-state index is -4.31. The summed E-state index contributed by atoms with van der Waals surface area (Å²) < 4.78 is 32.4. The van der Waals surface area contributed by atoms with Gasteiger partial charge in [0.1, 0.15) is 0 Å². The predicted molar refractivity (Wildman–Crippen MR) is 189 cm³/mol. The molecule has 0 aromatic carbocycles. The molecule has 0 saturated carbocycles. The summed E-state index contributed by atoms with van der Waals surface area (Å²) in [4.78, 5) is 12.4. The van der Waals surface area contributed by atoms with Gasteiger partial charge in [-0.15, -0.1) is 0 Å². The van der Waals surface area contributed by atoms with Gasteiger partial charge in [-0.05, 0) is 44.9 Å². The van der Waals surface area contributed by atoms with Crippen molar-refractivity contribution in [2.24, 2.45) is 0 Å². The maximum atomic E-state index is 12.4. The molecule has 0 spiro atoms. The molecule has 0 radical (unpaired) electrons. The van der Waals surface area contributed by atoms with Gasteiger partial charge >= 0.3 is 0 Å². The zero-order chi connectivity index (χ0) is 32.6. The summed E-state index contributed by atoms with van der Waals surface area (Å²) in [6, 6.07) is -0.984. The molecule has 0 saturated heterocycles. The van der Waals surface area contributed by atoms with Crippen molar-refractivity contribution in [2.45, 2.75) is 187 Å². The third-order valence-corrected chi connectivity index (χ3v) is 8.89. The van der Waals surface area contributed by atoms with Crippen LogP contribution in [0, 0.1) is 0 Å². The van der Waals surface area contributed by atoms with Crippen LogP contribution in [-0.4, -0.2) is 41.9 Å². The minimum absolute atomic E-state index is 0.275. The number of unbranched alkanes of at least 4 members (excludes halogenated alkanes) is 18. The Morgan fingerprint density at radius 3 is 1.59 bits per heavy atom. The first kappa shape index (κ1) is 42.6. The third-order valence-electron chi connectivity index (χ3n) is 8.11. The first-order chi connectivity index (χ1) is 21.3. The number of hydrogen-bond acceptors (Lipinski definition) is 4. The summed E-state index contributed by atoms with van der Waals surface area (Å²) in [6.45, 7) is 4.39. The Morgan fingerprint density at radius 2 is 1.09 bits per heavy atom. The van der Waals surface area contributed by atoms with Gasteiger partial charge in [0.15, 0.2) is 0 Å². The highest BCUT2D eigenvalue weighted by Gasteiger charge is 2.26. The van der Waals surface area contributed by atoms with Crippen molar-refractivity contribution in [2.75, 3.05) is 5.75 Å². The van der Waals surface area contributed by atoms with Crippen molar-refractivity contribution in [1.29, 1.82) is 0 Å². The van der Waals surface area contributed by atoms with Gasteiger partial charge in [0.2, 0.25) is 5.91 Å². The van der Waals surface area contributed by atoms with E-state index in [-0.39, 0.29) is 12.3 Å². The van der Waals surface area contributed by atoms with Gasteiger partial charge < -0.3 is 10.4 Å². The van der Waals surface area contributed by atoms with E-state index in [1.807, 2.05) is 0 Å². The monoisotopic (exact) mass is 639 g/mol. The Balaban J connectivity index is 3.96. The van der Waals surface area contributed by atoms with Crippen molar-refractivity contribution in [3.63, 3.8) is 0 Å². The van der Waals surface area contributed by atoms with Crippen molar-refractivity contribution in [3.8, 4) is 0 Å². The fourth-order valence-corrected chi connectivity index (χ4v) is 6.17. The molecule has 0 bridgehead atoms. The Kier molecular flexibility index (Phi) is 30.5. The minimum Gasteiger partial charge on any atom is -0.391 e. The second-order valence-electron chi connectivity index (χ2n) is 12.5. The first-order valence-corrected chi connectivity index (χ1v) is 19.8. The van der Waals surface area contributed by atoms with E-state index in [0.717, 1.165) is 57.8 Å². The smallest absolute Gasteiger partial charge is 0.266 e. The van der Waals surface area contributed by atoms with Crippen LogP contribution < -0.4 is 5.32 Å². The molecule has 2 unspecified atom stereocenters. The van der Waals surface area contributed by atoms with Gasteiger partial charge in [0.05, 0.1) is 17.9 Å². The number of aliphatic hydroxyl groups excluding tert-OH is 1. The molecular formula is C37H69NO5S. The summed E-state index contributed by atoms with van der Waals surface area (Å²) in [6.07, 6.45) is 39.5. The summed E-state index contributed by atoms with van der Waals surface area (Å²) >= 11 is 0. The number of rotatable bonds is 32. The molecule has 2 atom stereocenters. The van der Waals surface area contributed by atoms with Gasteiger partial charge in [-0.1, -0.05) is 159 Å². The molecule has 0 rings (SSSR count). The molecule has 3 N–H and O–H groups in total. The molecule has 0 aromatic heterocycles. The summed E-state index contributed by atoms with van der Waals surface area (Å²) in [5.74, 6) is -0.935. The summed E-state index contributed by atoms with van der Waals surface area (Å²) in [7, 11) is -4.31. The van der Waals surface area contributed by atoms with E-state index in [0.29, 0.717) is 12.8 Å². The highest BCUT2D eigenvalue weighted by atomic mass is 32.2. The summed E-state index contributed by atoms with van der Waals surface area (Å²) in [5.41, 5.74) is 0.